The molecule has 1 aliphatic heterocycles. The predicted molar refractivity (Wildman–Crippen MR) is 84.6 cm³/mol. The van der Waals surface area contributed by atoms with Crippen LogP contribution in [-0.2, 0) is 14.3 Å². The van der Waals surface area contributed by atoms with Crippen molar-refractivity contribution in [2.45, 2.75) is 19.4 Å². The first kappa shape index (κ1) is 16.8. The Kier molecular flexibility index (Phi) is 5.80. The van der Waals surface area contributed by atoms with Gasteiger partial charge in [-0.05, 0) is 18.6 Å². The van der Waals surface area contributed by atoms with Crippen molar-refractivity contribution in [2.75, 3.05) is 26.8 Å². The smallest absolute Gasteiger partial charge is 0.226 e. The summed E-state index contributed by atoms with van der Waals surface area (Å²) in [5, 5.41) is 3.38. The van der Waals surface area contributed by atoms with Gasteiger partial charge in [0, 0.05) is 31.6 Å². The minimum absolute atomic E-state index is 0.0433. The number of benzene rings is 1. The van der Waals surface area contributed by atoms with E-state index in [1.165, 1.54) is 0 Å². The van der Waals surface area contributed by atoms with Gasteiger partial charge in [-0.15, -0.1) is 0 Å². The van der Waals surface area contributed by atoms with Crippen molar-refractivity contribution in [3.63, 3.8) is 0 Å². The maximum atomic E-state index is 12.3. The second kappa shape index (κ2) is 7.61. The van der Waals surface area contributed by atoms with Gasteiger partial charge in [0.1, 0.15) is 0 Å². The van der Waals surface area contributed by atoms with Crippen LogP contribution in [0.5, 0.6) is 0 Å². The monoisotopic (exact) mass is 324 g/mol. The Bertz CT molecular complexity index is 550. The molecule has 1 N–H and O–H groups in total. The lowest BCUT2D eigenvalue weighted by molar-refractivity contribution is -0.129. The molecule has 2 rings (SSSR count). The molecule has 2 atom stereocenters. The molecule has 1 fully saturated rings. The Morgan fingerprint density at radius 2 is 2.18 bits per heavy atom. The van der Waals surface area contributed by atoms with E-state index in [-0.39, 0.29) is 24.3 Å². The molecule has 0 aliphatic carbocycles. The van der Waals surface area contributed by atoms with E-state index >= 15 is 0 Å². The molecule has 1 saturated heterocycles. The van der Waals surface area contributed by atoms with Gasteiger partial charge < -0.3 is 15.0 Å². The van der Waals surface area contributed by atoms with Gasteiger partial charge in [0.05, 0.1) is 18.6 Å². The fourth-order valence-electron chi connectivity index (χ4n) is 2.88. The molecule has 1 aromatic rings. The number of nitrogens with one attached hydrogen (secondary N) is 1. The van der Waals surface area contributed by atoms with Crippen LogP contribution in [0.1, 0.15) is 24.9 Å². The third-order valence-electron chi connectivity index (χ3n) is 3.88. The van der Waals surface area contributed by atoms with Gasteiger partial charge >= 0.3 is 0 Å². The predicted octanol–water partition coefficient (Wildman–Crippen LogP) is 2.01. The topological polar surface area (TPSA) is 58.6 Å². The lowest BCUT2D eigenvalue weighted by atomic mass is 9.92. The summed E-state index contributed by atoms with van der Waals surface area (Å²) in [4.78, 5) is 26.4. The molecule has 1 aliphatic rings. The van der Waals surface area contributed by atoms with Crippen LogP contribution in [0.2, 0.25) is 5.02 Å². The van der Waals surface area contributed by atoms with Crippen LogP contribution < -0.4 is 5.32 Å². The summed E-state index contributed by atoms with van der Waals surface area (Å²) >= 11 is 6.30. The number of methoxy groups -OCH3 is 1. The molecule has 0 unspecified atom stereocenters. The zero-order valence-corrected chi connectivity index (χ0v) is 13.6. The van der Waals surface area contributed by atoms with Crippen LogP contribution in [0.25, 0.3) is 0 Å². The molecule has 0 radical (unpaired) electrons. The average molecular weight is 325 g/mol. The molecule has 6 heteroatoms. The van der Waals surface area contributed by atoms with E-state index in [1.54, 1.807) is 18.1 Å². The Hall–Kier alpha value is -1.59. The Labute approximate surface area is 135 Å². The zero-order chi connectivity index (χ0) is 16.1. The molecule has 0 saturated carbocycles. The van der Waals surface area contributed by atoms with Gasteiger partial charge in [0.25, 0.3) is 0 Å². The van der Waals surface area contributed by atoms with Crippen molar-refractivity contribution in [1.29, 1.82) is 0 Å². The lowest BCUT2D eigenvalue weighted by Gasteiger charge is -2.28. The minimum atomic E-state index is -0.427. The number of amides is 2. The maximum absolute atomic E-state index is 12.3. The Morgan fingerprint density at radius 1 is 1.45 bits per heavy atom. The summed E-state index contributed by atoms with van der Waals surface area (Å²) in [5.41, 5.74) is 0.808. The first-order valence-corrected chi connectivity index (χ1v) is 7.78. The van der Waals surface area contributed by atoms with Crippen molar-refractivity contribution < 1.29 is 14.3 Å². The quantitative estimate of drug-likeness (QED) is 0.871. The van der Waals surface area contributed by atoms with Crippen LogP contribution in [-0.4, -0.2) is 43.5 Å². The van der Waals surface area contributed by atoms with Crippen LogP contribution in [0.3, 0.4) is 0 Å². The molecule has 0 bridgehead atoms. The van der Waals surface area contributed by atoms with Gasteiger partial charge in [-0.3, -0.25) is 9.59 Å². The fourth-order valence-corrected chi connectivity index (χ4v) is 3.13. The van der Waals surface area contributed by atoms with Gasteiger partial charge in [0.2, 0.25) is 11.8 Å². The average Bonchev–Trinajstić information content (AvgIpc) is 2.82. The van der Waals surface area contributed by atoms with Crippen molar-refractivity contribution in [1.82, 2.24) is 10.2 Å². The summed E-state index contributed by atoms with van der Waals surface area (Å²) in [7, 11) is 1.59. The normalized spacial score (nSPS) is 21.2. The molecule has 5 nitrogen and oxygen atoms in total. The van der Waals surface area contributed by atoms with Crippen LogP contribution in [0.15, 0.2) is 24.3 Å². The fraction of sp³-hybridized carbons (Fsp3) is 0.500. The highest BCUT2D eigenvalue weighted by Gasteiger charge is 2.44. The van der Waals surface area contributed by atoms with Crippen molar-refractivity contribution in [3.8, 4) is 0 Å². The highest BCUT2D eigenvalue weighted by Crippen LogP contribution is 2.40. The van der Waals surface area contributed by atoms with Crippen LogP contribution in [0.4, 0.5) is 0 Å². The first-order valence-electron chi connectivity index (χ1n) is 7.40. The third-order valence-corrected chi connectivity index (χ3v) is 4.22. The second-order valence-corrected chi connectivity index (χ2v) is 5.66. The van der Waals surface area contributed by atoms with Crippen molar-refractivity contribution in [3.05, 3.63) is 34.9 Å². The summed E-state index contributed by atoms with van der Waals surface area (Å²) in [6, 6.07) is 7.01. The summed E-state index contributed by atoms with van der Waals surface area (Å²) in [5.74, 6) is -0.580. The molecule has 1 heterocycles. The highest BCUT2D eigenvalue weighted by molar-refractivity contribution is 6.31. The summed E-state index contributed by atoms with van der Waals surface area (Å²) in [6.07, 6.45) is 0.200. The standard InChI is InChI=1S/C16H21ClN2O3/c1-3-18-16(21)12-10-14(20)19(8-9-22-2)15(12)11-6-4-5-7-13(11)17/h4-7,12,15H,3,8-10H2,1-2H3,(H,18,21)/t12-,15+/m1/s1. The molecule has 0 aromatic heterocycles. The number of carbonyl (C=O) groups excluding carboxylic acids is 2. The lowest BCUT2D eigenvalue weighted by Crippen LogP contribution is -2.36. The summed E-state index contributed by atoms with van der Waals surface area (Å²) < 4.78 is 5.08. The number of rotatable bonds is 6. The molecule has 2 amide bonds. The molecule has 1 aromatic carbocycles. The Balaban J connectivity index is 2.36. The van der Waals surface area contributed by atoms with Gasteiger partial charge in [-0.1, -0.05) is 29.8 Å². The molecule has 22 heavy (non-hydrogen) atoms. The maximum Gasteiger partial charge on any atom is 0.226 e. The number of carbonyl (C=O) groups is 2. The van der Waals surface area contributed by atoms with E-state index in [9.17, 15) is 9.59 Å². The minimum Gasteiger partial charge on any atom is -0.383 e. The third kappa shape index (κ3) is 3.42. The van der Waals surface area contributed by atoms with Crippen molar-refractivity contribution in [2.24, 2.45) is 5.92 Å². The molecular formula is C16H21ClN2O3. The number of likely N-dealkylation sites (tertiary alicyclic amines) is 1. The van der Waals surface area contributed by atoms with E-state index in [0.29, 0.717) is 24.7 Å². The Morgan fingerprint density at radius 3 is 2.82 bits per heavy atom. The SMILES string of the molecule is CCNC(=O)[C@@H]1CC(=O)N(CCOC)[C@H]1c1ccccc1Cl. The number of ether oxygens (including phenoxy) is 1. The van der Waals surface area contributed by atoms with E-state index < -0.39 is 5.92 Å². The zero-order valence-electron chi connectivity index (χ0n) is 12.8. The number of hydrogen-bond donors (Lipinski definition) is 1. The van der Waals surface area contributed by atoms with Crippen LogP contribution in [0, 0.1) is 5.92 Å². The van der Waals surface area contributed by atoms with Gasteiger partial charge in [-0.2, -0.15) is 0 Å². The molecular weight excluding hydrogens is 304 g/mol. The second-order valence-electron chi connectivity index (χ2n) is 5.25. The molecule has 120 valence electrons. The highest BCUT2D eigenvalue weighted by atomic mass is 35.5. The summed E-state index contributed by atoms with van der Waals surface area (Å²) in [6.45, 7) is 3.27. The number of hydrogen-bond acceptors (Lipinski definition) is 3. The van der Waals surface area contributed by atoms with Gasteiger partial charge in [0.15, 0.2) is 0 Å². The largest absolute Gasteiger partial charge is 0.383 e. The number of nitrogens with zero attached hydrogens (tertiary/aromatic N) is 1. The number of halogens is 1. The van der Waals surface area contributed by atoms with Crippen molar-refractivity contribution >= 4 is 23.4 Å². The van der Waals surface area contributed by atoms with E-state index in [2.05, 4.69) is 5.32 Å². The van der Waals surface area contributed by atoms with E-state index in [1.807, 2.05) is 25.1 Å². The van der Waals surface area contributed by atoms with E-state index in [4.69, 9.17) is 16.3 Å². The van der Waals surface area contributed by atoms with E-state index in [0.717, 1.165) is 5.56 Å². The first-order chi connectivity index (χ1) is 10.6. The molecule has 0 spiro atoms. The van der Waals surface area contributed by atoms with Crippen LogP contribution >= 0.6 is 11.6 Å². The van der Waals surface area contributed by atoms with Gasteiger partial charge in [-0.25, -0.2) is 0 Å².